The Morgan fingerprint density at radius 1 is 0.929 bits per heavy atom. The monoisotopic (exact) mass is 403 g/mol. The number of hydrogen-bond donors (Lipinski definition) is 0. The van der Waals surface area contributed by atoms with Crippen LogP contribution < -0.4 is 4.31 Å². The van der Waals surface area contributed by atoms with E-state index >= 15 is 0 Å². The molecule has 2 aromatic carbocycles. The maximum Gasteiger partial charge on any atom is 0.327 e. The van der Waals surface area contributed by atoms with Crippen LogP contribution in [-0.2, 0) is 19.6 Å². The zero-order valence-electron chi connectivity index (χ0n) is 16.8. The molecule has 0 aliphatic heterocycles. The largest absolute Gasteiger partial charge is 0.456 e. The van der Waals surface area contributed by atoms with Crippen LogP contribution in [0.4, 0.5) is 5.69 Å². The summed E-state index contributed by atoms with van der Waals surface area (Å²) in [6, 6.07) is 10.5. The van der Waals surface area contributed by atoms with Crippen molar-refractivity contribution in [2.24, 2.45) is 0 Å². The molecular weight excluding hydrogens is 378 g/mol. The lowest BCUT2D eigenvalue weighted by atomic mass is 9.98. The number of rotatable bonds is 7. The van der Waals surface area contributed by atoms with E-state index in [-0.39, 0.29) is 5.78 Å². The standard InChI is InChI=1S/C21H25NO5S/c1-14-8-6-7-9-19(14)22(28(5,25)26)12-21(24)27-13-20(23)18-11-16(3)15(2)10-17(18)4/h6-11H,12-13H2,1-5H3. The number of para-hydroxylation sites is 1. The average Bonchev–Trinajstić information content (AvgIpc) is 2.60. The Balaban J connectivity index is 2.11. The van der Waals surface area contributed by atoms with Gasteiger partial charge in [0.05, 0.1) is 11.9 Å². The number of Topliss-reactive ketones (excluding diaryl/α,β-unsaturated/α-hetero) is 1. The van der Waals surface area contributed by atoms with Crippen LogP contribution in [0, 0.1) is 27.7 Å². The smallest absolute Gasteiger partial charge is 0.327 e. The Labute approximate surface area is 166 Å². The Morgan fingerprint density at radius 3 is 2.14 bits per heavy atom. The predicted octanol–water partition coefficient (Wildman–Crippen LogP) is 3.11. The molecule has 0 amide bonds. The minimum atomic E-state index is -3.70. The summed E-state index contributed by atoms with van der Waals surface area (Å²) in [5, 5.41) is 0. The van der Waals surface area contributed by atoms with Gasteiger partial charge in [0, 0.05) is 5.56 Å². The van der Waals surface area contributed by atoms with Crippen molar-refractivity contribution in [2.45, 2.75) is 27.7 Å². The number of anilines is 1. The van der Waals surface area contributed by atoms with Crippen molar-refractivity contribution in [3.8, 4) is 0 Å². The molecule has 0 aliphatic rings. The summed E-state index contributed by atoms with van der Waals surface area (Å²) in [7, 11) is -3.70. The molecule has 0 atom stereocenters. The Morgan fingerprint density at radius 2 is 1.54 bits per heavy atom. The van der Waals surface area contributed by atoms with Crippen molar-refractivity contribution >= 4 is 27.5 Å². The highest BCUT2D eigenvalue weighted by molar-refractivity contribution is 7.92. The number of esters is 1. The number of aryl methyl sites for hydroxylation is 4. The summed E-state index contributed by atoms with van der Waals surface area (Å²) in [6.07, 6.45) is 1.02. The van der Waals surface area contributed by atoms with E-state index in [0.29, 0.717) is 16.8 Å². The lowest BCUT2D eigenvalue weighted by Crippen LogP contribution is -2.36. The first-order valence-corrected chi connectivity index (χ1v) is 10.7. The molecule has 0 fully saturated rings. The highest BCUT2D eigenvalue weighted by Gasteiger charge is 2.23. The molecule has 0 bridgehead atoms. The average molecular weight is 404 g/mol. The maximum absolute atomic E-state index is 12.4. The molecule has 2 rings (SSSR count). The highest BCUT2D eigenvalue weighted by atomic mass is 32.2. The summed E-state index contributed by atoms with van der Waals surface area (Å²) in [5.41, 5.74) is 4.47. The van der Waals surface area contributed by atoms with Crippen LogP contribution >= 0.6 is 0 Å². The molecule has 6 nitrogen and oxygen atoms in total. The van der Waals surface area contributed by atoms with Gasteiger partial charge in [-0.2, -0.15) is 0 Å². The van der Waals surface area contributed by atoms with E-state index in [1.807, 2.05) is 26.8 Å². The van der Waals surface area contributed by atoms with Crippen LogP contribution in [0.15, 0.2) is 36.4 Å². The summed E-state index contributed by atoms with van der Waals surface area (Å²) < 4.78 is 30.3. The van der Waals surface area contributed by atoms with Gasteiger partial charge < -0.3 is 4.74 Å². The fraction of sp³-hybridized carbons (Fsp3) is 0.333. The van der Waals surface area contributed by atoms with Crippen LogP contribution in [0.1, 0.15) is 32.6 Å². The van der Waals surface area contributed by atoms with Crippen molar-refractivity contribution in [1.29, 1.82) is 0 Å². The van der Waals surface area contributed by atoms with Gasteiger partial charge in [-0.3, -0.25) is 13.9 Å². The fourth-order valence-corrected chi connectivity index (χ4v) is 3.77. The molecule has 7 heteroatoms. The molecule has 0 unspecified atom stereocenters. The van der Waals surface area contributed by atoms with E-state index in [9.17, 15) is 18.0 Å². The van der Waals surface area contributed by atoms with Crippen molar-refractivity contribution in [3.63, 3.8) is 0 Å². The van der Waals surface area contributed by atoms with Gasteiger partial charge in [-0.15, -0.1) is 0 Å². The molecule has 150 valence electrons. The van der Waals surface area contributed by atoms with Crippen LogP contribution in [0.3, 0.4) is 0 Å². The second-order valence-corrected chi connectivity index (χ2v) is 8.80. The summed E-state index contributed by atoms with van der Waals surface area (Å²) in [6.45, 7) is 6.51. The van der Waals surface area contributed by atoms with Gasteiger partial charge in [-0.25, -0.2) is 8.42 Å². The third kappa shape index (κ3) is 5.19. The van der Waals surface area contributed by atoms with Crippen LogP contribution in [0.5, 0.6) is 0 Å². The van der Waals surface area contributed by atoms with Crippen LogP contribution in [0.25, 0.3) is 0 Å². The number of carbonyl (C=O) groups is 2. The number of sulfonamides is 1. The SMILES string of the molecule is Cc1cc(C)c(C(=O)COC(=O)CN(c2ccccc2C)S(C)(=O)=O)cc1C. The fourth-order valence-electron chi connectivity index (χ4n) is 2.87. The van der Waals surface area contributed by atoms with E-state index in [4.69, 9.17) is 4.74 Å². The first-order chi connectivity index (χ1) is 13.0. The van der Waals surface area contributed by atoms with E-state index < -0.39 is 29.1 Å². The normalized spacial score (nSPS) is 11.2. The zero-order chi connectivity index (χ0) is 21.1. The van der Waals surface area contributed by atoms with Gasteiger partial charge >= 0.3 is 5.97 Å². The Bertz CT molecular complexity index is 1010. The minimum Gasteiger partial charge on any atom is -0.456 e. The van der Waals surface area contributed by atoms with E-state index in [0.717, 1.165) is 27.3 Å². The number of hydrogen-bond acceptors (Lipinski definition) is 5. The second-order valence-electron chi connectivity index (χ2n) is 6.89. The Kier molecular flexibility index (Phi) is 6.61. The van der Waals surface area contributed by atoms with Gasteiger partial charge in [0.1, 0.15) is 6.54 Å². The molecule has 0 N–H and O–H groups in total. The molecule has 2 aromatic rings. The van der Waals surface area contributed by atoms with Crippen LogP contribution in [-0.4, -0.2) is 39.6 Å². The summed E-state index contributed by atoms with van der Waals surface area (Å²) in [4.78, 5) is 24.7. The lowest BCUT2D eigenvalue weighted by Gasteiger charge is -2.23. The Hall–Kier alpha value is -2.67. The first kappa shape index (κ1) is 21.6. The first-order valence-electron chi connectivity index (χ1n) is 8.80. The molecule has 0 aromatic heterocycles. The highest BCUT2D eigenvalue weighted by Crippen LogP contribution is 2.22. The predicted molar refractivity (Wildman–Crippen MR) is 109 cm³/mol. The number of ether oxygens (including phenoxy) is 1. The third-order valence-corrected chi connectivity index (χ3v) is 5.69. The topological polar surface area (TPSA) is 80.8 Å². The van der Waals surface area contributed by atoms with Gasteiger partial charge in [0.25, 0.3) is 0 Å². The van der Waals surface area contributed by atoms with E-state index in [2.05, 4.69) is 0 Å². The maximum atomic E-state index is 12.4. The van der Waals surface area contributed by atoms with E-state index in [1.54, 1.807) is 37.3 Å². The van der Waals surface area contributed by atoms with Gasteiger partial charge in [-0.05, 0) is 62.1 Å². The lowest BCUT2D eigenvalue weighted by molar-refractivity contribution is -0.140. The molecule has 0 saturated carbocycles. The van der Waals surface area contributed by atoms with Gasteiger partial charge in [-0.1, -0.05) is 24.3 Å². The molecular formula is C21H25NO5S. The minimum absolute atomic E-state index is 0.323. The quantitative estimate of drug-likeness (QED) is 0.524. The molecule has 0 aliphatic carbocycles. The van der Waals surface area contributed by atoms with Crippen molar-refractivity contribution in [3.05, 3.63) is 64.2 Å². The van der Waals surface area contributed by atoms with Crippen molar-refractivity contribution in [2.75, 3.05) is 23.7 Å². The molecule has 0 saturated heterocycles. The van der Waals surface area contributed by atoms with E-state index in [1.165, 1.54) is 0 Å². The summed E-state index contributed by atoms with van der Waals surface area (Å²) >= 11 is 0. The number of nitrogens with zero attached hydrogens (tertiary/aromatic N) is 1. The zero-order valence-corrected chi connectivity index (χ0v) is 17.6. The van der Waals surface area contributed by atoms with Crippen LogP contribution in [0.2, 0.25) is 0 Å². The molecule has 0 heterocycles. The number of ketones is 1. The van der Waals surface area contributed by atoms with Crippen molar-refractivity contribution < 1.29 is 22.7 Å². The molecule has 0 spiro atoms. The number of carbonyl (C=O) groups excluding carboxylic acids is 2. The second kappa shape index (κ2) is 8.56. The molecule has 28 heavy (non-hydrogen) atoms. The van der Waals surface area contributed by atoms with Gasteiger partial charge in [0.15, 0.2) is 6.61 Å². The third-order valence-electron chi connectivity index (χ3n) is 4.56. The van der Waals surface area contributed by atoms with Crippen molar-refractivity contribution in [1.82, 2.24) is 0 Å². The number of benzene rings is 2. The molecule has 0 radical (unpaired) electrons. The van der Waals surface area contributed by atoms with Gasteiger partial charge in [0.2, 0.25) is 15.8 Å². The summed E-state index contributed by atoms with van der Waals surface area (Å²) in [5.74, 6) is -1.11.